The molecule has 2 fully saturated rings. The van der Waals surface area contributed by atoms with Crippen molar-refractivity contribution >= 4 is 11.6 Å². The van der Waals surface area contributed by atoms with Crippen LogP contribution in [0.2, 0.25) is 0 Å². The highest BCUT2D eigenvalue weighted by molar-refractivity contribution is 6.01. The van der Waals surface area contributed by atoms with Gasteiger partial charge in [-0.05, 0) is 37.2 Å². The molecule has 1 spiro atoms. The van der Waals surface area contributed by atoms with Crippen molar-refractivity contribution in [2.45, 2.75) is 57.9 Å². The Kier molecular flexibility index (Phi) is 3.75. The fourth-order valence-electron chi connectivity index (χ4n) is 4.86. The largest absolute Gasteiger partial charge is 0.325 e. The van der Waals surface area contributed by atoms with Crippen LogP contribution in [0.3, 0.4) is 0 Å². The van der Waals surface area contributed by atoms with E-state index in [1.807, 2.05) is 17.9 Å². The van der Waals surface area contributed by atoms with Crippen LogP contribution in [0.15, 0.2) is 35.3 Å². The van der Waals surface area contributed by atoms with E-state index in [1.54, 1.807) is 0 Å². The Morgan fingerprint density at radius 2 is 2.00 bits per heavy atom. The van der Waals surface area contributed by atoms with E-state index in [4.69, 9.17) is 9.73 Å². The zero-order chi connectivity index (χ0) is 16.9. The summed E-state index contributed by atoms with van der Waals surface area (Å²) in [5.74, 6) is 0.901. The first kappa shape index (κ1) is 15.8. The van der Waals surface area contributed by atoms with Gasteiger partial charge in [0.15, 0.2) is 12.0 Å². The van der Waals surface area contributed by atoms with Crippen LogP contribution in [0.25, 0.3) is 0 Å². The average Bonchev–Trinajstić information content (AvgIpc) is 3.06. The first-order chi connectivity index (χ1) is 11.6. The van der Waals surface area contributed by atoms with Crippen LogP contribution in [0, 0.1) is 11.8 Å². The summed E-state index contributed by atoms with van der Waals surface area (Å²) in [6.45, 7) is 7.06. The van der Waals surface area contributed by atoms with Gasteiger partial charge in [0.25, 0.3) is 0 Å². The van der Waals surface area contributed by atoms with E-state index in [0.29, 0.717) is 18.4 Å². The number of hydrogen-bond acceptors (Lipinski definition) is 3. The molecule has 5 atom stereocenters. The second-order valence-electron chi connectivity index (χ2n) is 7.31. The number of fused-ring (bicyclic) bond motifs is 1. The van der Waals surface area contributed by atoms with Gasteiger partial charge in [-0.25, -0.2) is 0 Å². The summed E-state index contributed by atoms with van der Waals surface area (Å²) in [5, 5.41) is 0. The predicted molar refractivity (Wildman–Crippen MR) is 93.8 cm³/mol. The van der Waals surface area contributed by atoms with Gasteiger partial charge in [0, 0.05) is 18.9 Å². The van der Waals surface area contributed by atoms with Crippen LogP contribution >= 0.6 is 0 Å². The van der Waals surface area contributed by atoms with Crippen molar-refractivity contribution in [3.63, 3.8) is 0 Å². The fraction of sp³-hybridized carbons (Fsp3) is 0.600. The van der Waals surface area contributed by atoms with Crippen LogP contribution in [0.1, 0.15) is 51.5 Å². The fourth-order valence-corrected chi connectivity index (χ4v) is 4.86. The molecular weight excluding hydrogens is 300 g/mol. The Morgan fingerprint density at radius 1 is 1.25 bits per heavy atom. The van der Waals surface area contributed by atoms with Crippen LogP contribution in [-0.2, 0) is 9.53 Å². The summed E-state index contributed by atoms with van der Waals surface area (Å²) >= 11 is 0. The Bertz CT molecular complexity index is 671. The highest BCUT2D eigenvalue weighted by Crippen LogP contribution is 2.52. The molecule has 1 aromatic rings. The number of carbonyl (C=O) groups excluding carboxylic acids is 1. The quantitative estimate of drug-likeness (QED) is 0.852. The van der Waals surface area contributed by atoms with E-state index in [-0.39, 0.29) is 18.1 Å². The number of rotatable bonds is 3. The summed E-state index contributed by atoms with van der Waals surface area (Å²) < 4.78 is 6.38. The maximum Gasteiger partial charge on any atom is 0.228 e. The molecule has 1 amide bonds. The molecule has 1 saturated carbocycles. The molecule has 2 heterocycles. The maximum absolute atomic E-state index is 13.1. The first-order valence-corrected chi connectivity index (χ1v) is 9.22. The second kappa shape index (κ2) is 5.69. The second-order valence-corrected chi connectivity index (χ2v) is 7.31. The number of ether oxygens (including phenoxy) is 1. The molecule has 24 heavy (non-hydrogen) atoms. The number of benzene rings is 1. The van der Waals surface area contributed by atoms with E-state index in [2.05, 4.69) is 38.1 Å². The third kappa shape index (κ3) is 2.08. The lowest BCUT2D eigenvalue weighted by Crippen LogP contribution is -2.52. The first-order valence-electron chi connectivity index (χ1n) is 9.22. The van der Waals surface area contributed by atoms with Gasteiger partial charge in [0.05, 0.1) is 5.71 Å². The number of amides is 1. The van der Waals surface area contributed by atoms with Crippen molar-refractivity contribution in [1.29, 1.82) is 0 Å². The molecule has 0 aromatic heterocycles. The average molecular weight is 326 g/mol. The van der Waals surface area contributed by atoms with Crippen LogP contribution < -0.4 is 0 Å². The van der Waals surface area contributed by atoms with Gasteiger partial charge in [-0.15, -0.1) is 0 Å². The topological polar surface area (TPSA) is 41.9 Å². The summed E-state index contributed by atoms with van der Waals surface area (Å²) in [7, 11) is 0. The molecule has 4 rings (SSSR count). The minimum atomic E-state index is -0.574. The van der Waals surface area contributed by atoms with Crippen LogP contribution in [0.5, 0.6) is 0 Å². The maximum atomic E-state index is 13.1. The standard InChI is InChI=1S/C20H26N2O2/c1-4-18-21-17-11-15(14-9-7-6-8-10-14)13(3)16-12-20(17,24-18)22(5-2)19(16)23/h6-10,13,15-16,18H,4-5,11-12H2,1-3H3/t13-,15+,16?,18-,20+/m1/s1. The van der Waals surface area contributed by atoms with Crippen LogP contribution in [-0.4, -0.2) is 35.0 Å². The van der Waals surface area contributed by atoms with E-state index in [1.165, 1.54) is 5.56 Å². The molecule has 128 valence electrons. The molecule has 0 N–H and O–H groups in total. The van der Waals surface area contributed by atoms with E-state index in [0.717, 1.165) is 25.0 Å². The monoisotopic (exact) mass is 326 g/mol. The summed E-state index contributed by atoms with van der Waals surface area (Å²) in [6, 6.07) is 10.6. The van der Waals surface area contributed by atoms with Crippen molar-refractivity contribution in [2.24, 2.45) is 16.8 Å². The highest BCUT2D eigenvalue weighted by Gasteiger charge is 2.61. The lowest BCUT2D eigenvalue weighted by Gasteiger charge is -2.37. The highest BCUT2D eigenvalue weighted by atomic mass is 16.5. The molecule has 4 heteroatoms. The smallest absolute Gasteiger partial charge is 0.228 e. The molecular formula is C20H26N2O2. The van der Waals surface area contributed by atoms with E-state index < -0.39 is 5.72 Å². The zero-order valence-corrected chi connectivity index (χ0v) is 14.7. The molecule has 4 nitrogen and oxygen atoms in total. The number of aliphatic imine (C=N–C) groups is 1. The molecule has 1 aliphatic carbocycles. The predicted octanol–water partition coefficient (Wildman–Crippen LogP) is 3.58. The summed E-state index contributed by atoms with van der Waals surface area (Å²) in [5.41, 5.74) is 1.83. The Balaban J connectivity index is 1.80. The SMILES string of the molecule is CC[C@@H]1N=C2C[C@H](c3ccccc3)[C@@H](C)C3C[C@@]2(O1)N(CC)C3=O. The van der Waals surface area contributed by atoms with E-state index in [9.17, 15) is 4.79 Å². The van der Waals surface area contributed by atoms with Gasteiger partial charge in [-0.1, -0.05) is 44.2 Å². The number of nitrogens with zero attached hydrogens (tertiary/aromatic N) is 2. The van der Waals surface area contributed by atoms with Gasteiger partial charge in [0.2, 0.25) is 5.91 Å². The third-order valence-corrected chi connectivity index (χ3v) is 6.17. The van der Waals surface area contributed by atoms with Gasteiger partial charge < -0.3 is 9.64 Å². The van der Waals surface area contributed by atoms with Crippen molar-refractivity contribution in [3.8, 4) is 0 Å². The van der Waals surface area contributed by atoms with Gasteiger partial charge in [-0.2, -0.15) is 0 Å². The van der Waals surface area contributed by atoms with Crippen molar-refractivity contribution in [2.75, 3.05) is 6.54 Å². The van der Waals surface area contributed by atoms with Gasteiger partial charge in [0.1, 0.15) is 0 Å². The van der Waals surface area contributed by atoms with Crippen molar-refractivity contribution in [1.82, 2.24) is 4.90 Å². The van der Waals surface area contributed by atoms with E-state index >= 15 is 0 Å². The third-order valence-electron chi connectivity index (χ3n) is 6.17. The molecule has 1 aromatic carbocycles. The Hall–Kier alpha value is -1.68. The molecule has 3 aliphatic rings. The normalized spacial score (nSPS) is 38.0. The minimum Gasteiger partial charge on any atom is -0.325 e. The zero-order valence-electron chi connectivity index (χ0n) is 14.7. The van der Waals surface area contributed by atoms with Gasteiger partial charge in [-0.3, -0.25) is 9.79 Å². The summed E-state index contributed by atoms with van der Waals surface area (Å²) in [6.07, 6.45) is 2.40. The number of likely N-dealkylation sites (tertiary alicyclic amines) is 1. The molecule has 1 saturated heterocycles. The lowest BCUT2D eigenvalue weighted by atomic mass is 9.78. The van der Waals surface area contributed by atoms with Gasteiger partial charge >= 0.3 is 0 Å². The number of carbonyl (C=O) groups is 1. The minimum absolute atomic E-state index is 0.0264. The number of hydrogen-bond donors (Lipinski definition) is 0. The molecule has 1 unspecified atom stereocenters. The van der Waals surface area contributed by atoms with Crippen molar-refractivity contribution in [3.05, 3.63) is 35.9 Å². The Labute approximate surface area is 143 Å². The molecule has 2 bridgehead atoms. The molecule has 2 aliphatic heterocycles. The molecule has 0 radical (unpaired) electrons. The Morgan fingerprint density at radius 3 is 2.67 bits per heavy atom. The van der Waals surface area contributed by atoms with Crippen molar-refractivity contribution < 1.29 is 9.53 Å². The van der Waals surface area contributed by atoms with Crippen LogP contribution in [0.4, 0.5) is 0 Å². The summed E-state index contributed by atoms with van der Waals surface area (Å²) in [4.78, 5) is 19.9. The lowest BCUT2D eigenvalue weighted by molar-refractivity contribution is -0.148.